The summed E-state index contributed by atoms with van der Waals surface area (Å²) in [5.74, 6) is 0.666. The first kappa shape index (κ1) is 17.9. The van der Waals surface area contributed by atoms with Gasteiger partial charge in [-0.3, -0.25) is 10.1 Å². The van der Waals surface area contributed by atoms with Crippen molar-refractivity contribution in [1.82, 2.24) is 20.0 Å². The van der Waals surface area contributed by atoms with Crippen LogP contribution in [0.4, 0.5) is 5.13 Å². The molecule has 0 aliphatic heterocycles. The molecule has 1 saturated carbocycles. The number of amides is 1. The molecular weight excluding hydrogens is 358 g/mol. The predicted molar refractivity (Wildman–Crippen MR) is 107 cm³/mol. The van der Waals surface area contributed by atoms with E-state index in [1.807, 2.05) is 36.4 Å². The van der Waals surface area contributed by atoms with Gasteiger partial charge in [0, 0.05) is 11.8 Å². The highest BCUT2D eigenvalue weighted by Gasteiger charge is 2.29. The Bertz CT molecular complexity index is 925. The van der Waals surface area contributed by atoms with Gasteiger partial charge in [-0.1, -0.05) is 43.4 Å². The maximum absolute atomic E-state index is 12.9. The zero-order valence-electron chi connectivity index (χ0n) is 15.6. The molecule has 0 radical (unpaired) electrons. The second-order valence-electron chi connectivity index (χ2n) is 6.89. The number of carbonyl (C=O) groups is 1. The monoisotopic (exact) mass is 381 g/mol. The number of nitrogens with zero attached hydrogens (tertiary/aromatic N) is 4. The van der Waals surface area contributed by atoms with Crippen molar-refractivity contribution in [3.05, 3.63) is 52.8 Å². The molecule has 4 rings (SSSR count). The average molecular weight is 382 g/mol. The Labute approximate surface area is 162 Å². The van der Waals surface area contributed by atoms with Gasteiger partial charge in [-0.15, -0.1) is 10.2 Å². The van der Waals surface area contributed by atoms with Gasteiger partial charge in [0.25, 0.3) is 5.91 Å². The fourth-order valence-corrected chi connectivity index (χ4v) is 4.16. The molecule has 0 unspecified atom stereocenters. The van der Waals surface area contributed by atoms with Gasteiger partial charge in [0.15, 0.2) is 0 Å². The fraction of sp³-hybridized carbons (Fsp3) is 0.400. The molecule has 3 aromatic rings. The van der Waals surface area contributed by atoms with Crippen LogP contribution in [-0.4, -0.2) is 25.9 Å². The summed E-state index contributed by atoms with van der Waals surface area (Å²) < 4.78 is 1.73. The zero-order chi connectivity index (χ0) is 18.8. The number of para-hydroxylation sites is 1. The smallest absolute Gasteiger partial charge is 0.276 e. The molecule has 7 heteroatoms. The molecular formula is C20H23N5OS. The highest BCUT2D eigenvalue weighted by atomic mass is 32.1. The highest BCUT2D eigenvalue weighted by Crippen LogP contribution is 2.40. The topological polar surface area (TPSA) is 72.7 Å². The molecule has 0 atom stereocenters. The molecule has 6 nitrogen and oxygen atoms in total. The number of carbonyl (C=O) groups excluding carboxylic acids is 1. The van der Waals surface area contributed by atoms with E-state index < -0.39 is 0 Å². The Morgan fingerprint density at radius 1 is 1.22 bits per heavy atom. The molecule has 2 heterocycles. The Balaban J connectivity index is 1.60. The molecule has 140 valence electrons. The Morgan fingerprint density at radius 3 is 2.63 bits per heavy atom. The van der Waals surface area contributed by atoms with Crippen LogP contribution in [-0.2, 0) is 0 Å². The maximum atomic E-state index is 12.9. The van der Waals surface area contributed by atoms with Crippen LogP contribution in [0, 0.1) is 0 Å². The molecule has 0 saturated heterocycles. The largest absolute Gasteiger partial charge is 0.295 e. The first-order valence-electron chi connectivity index (χ1n) is 9.49. The molecule has 2 aromatic heterocycles. The number of rotatable bonds is 7. The maximum Gasteiger partial charge on any atom is 0.276 e. The minimum atomic E-state index is -0.203. The molecule has 0 bridgehead atoms. The summed E-state index contributed by atoms with van der Waals surface area (Å²) >= 11 is 1.46. The van der Waals surface area contributed by atoms with Crippen molar-refractivity contribution < 1.29 is 4.79 Å². The summed E-state index contributed by atoms with van der Waals surface area (Å²) in [6.45, 7) is 4.29. The van der Waals surface area contributed by atoms with Crippen LogP contribution < -0.4 is 5.32 Å². The van der Waals surface area contributed by atoms with E-state index in [0.717, 1.165) is 42.1 Å². The van der Waals surface area contributed by atoms with Crippen molar-refractivity contribution in [2.24, 2.45) is 0 Å². The SMILES string of the molecule is CCC(CC)c1nnc(NC(=O)c2cc(C3CC3)nn2-c2ccccc2)s1. The first-order valence-corrected chi connectivity index (χ1v) is 10.3. The summed E-state index contributed by atoms with van der Waals surface area (Å²) in [5.41, 5.74) is 2.39. The molecule has 27 heavy (non-hydrogen) atoms. The molecule has 1 N–H and O–H groups in total. The lowest BCUT2D eigenvalue weighted by molar-refractivity contribution is 0.101. The number of hydrogen-bond acceptors (Lipinski definition) is 5. The fourth-order valence-electron chi connectivity index (χ4n) is 3.15. The zero-order valence-corrected chi connectivity index (χ0v) is 16.4. The third-order valence-electron chi connectivity index (χ3n) is 4.95. The molecule has 1 fully saturated rings. The van der Waals surface area contributed by atoms with Gasteiger partial charge in [0.2, 0.25) is 5.13 Å². The number of anilines is 1. The van der Waals surface area contributed by atoms with Gasteiger partial charge in [0.05, 0.1) is 11.4 Å². The average Bonchev–Trinajstić information content (AvgIpc) is 3.28. The van der Waals surface area contributed by atoms with E-state index in [9.17, 15) is 4.79 Å². The molecule has 1 aliphatic carbocycles. The summed E-state index contributed by atoms with van der Waals surface area (Å²) in [6.07, 6.45) is 4.32. The van der Waals surface area contributed by atoms with Gasteiger partial charge >= 0.3 is 0 Å². The second kappa shape index (κ2) is 7.60. The highest BCUT2D eigenvalue weighted by molar-refractivity contribution is 7.15. The van der Waals surface area contributed by atoms with Crippen molar-refractivity contribution in [3.63, 3.8) is 0 Å². The van der Waals surface area contributed by atoms with Gasteiger partial charge in [-0.2, -0.15) is 5.10 Å². The Kier molecular flexibility index (Phi) is 5.03. The second-order valence-corrected chi connectivity index (χ2v) is 7.90. The van der Waals surface area contributed by atoms with E-state index in [-0.39, 0.29) is 5.91 Å². The van der Waals surface area contributed by atoms with Crippen LogP contribution in [0.2, 0.25) is 0 Å². The third kappa shape index (κ3) is 3.78. The van der Waals surface area contributed by atoms with Gasteiger partial charge in [-0.05, 0) is 43.9 Å². The van der Waals surface area contributed by atoms with E-state index in [1.165, 1.54) is 11.3 Å². The summed E-state index contributed by atoms with van der Waals surface area (Å²) in [6, 6.07) is 11.7. The van der Waals surface area contributed by atoms with Crippen LogP contribution in [0.15, 0.2) is 36.4 Å². The summed E-state index contributed by atoms with van der Waals surface area (Å²) in [4.78, 5) is 12.9. The lowest BCUT2D eigenvalue weighted by Gasteiger charge is -2.07. The summed E-state index contributed by atoms with van der Waals surface area (Å²) in [5, 5.41) is 17.5. The van der Waals surface area contributed by atoms with E-state index in [4.69, 9.17) is 0 Å². The minimum Gasteiger partial charge on any atom is -0.295 e. The Hall–Kier alpha value is -2.54. The Morgan fingerprint density at radius 2 is 1.96 bits per heavy atom. The van der Waals surface area contributed by atoms with E-state index in [1.54, 1.807) is 4.68 Å². The molecule has 1 aliphatic rings. The minimum absolute atomic E-state index is 0.203. The molecule has 1 aromatic carbocycles. The van der Waals surface area contributed by atoms with Crippen LogP contribution in [0.1, 0.15) is 72.6 Å². The van der Waals surface area contributed by atoms with Crippen molar-refractivity contribution in [1.29, 1.82) is 0 Å². The van der Waals surface area contributed by atoms with Crippen LogP contribution in [0.25, 0.3) is 5.69 Å². The van der Waals surface area contributed by atoms with E-state index >= 15 is 0 Å². The molecule has 0 spiro atoms. The van der Waals surface area contributed by atoms with Gasteiger partial charge < -0.3 is 0 Å². The third-order valence-corrected chi connectivity index (χ3v) is 5.95. The van der Waals surface area contributed by atoms with Crippen LogP contribution in [0.3, 0.4) is 0 Å². The quantitative estimate of drug-likeness (QED) is 0.640. The predicted octanol–water partition coefficient (Wildman–Crippen LogP) is 4.76. The van der Waals surface area contributed by atoms with Crippen molar-refractivity contribution >= 4 is 22.4 Å². The van der Waals surface area contributed by atoms with Crippen molar-refractivity contribution in [2.45, 2.75) is 51.4 Å². The standard InChI is InChI=1S/C20H23N5OS/c1-3-13(4-2)19-22-23-20(27-19)21-18(26)17-12-16(14-10-11-14)24-25(17)15-8-6-5-7-9-15/h5-9,12-14H,3-4,10-11H2,1-2H3,(H,21,23,26). The van der Waals surface area contributed by atoms with Gasteiger partial charge in [-0.25, -0.2) is 4.68 Å². The van der Waals surface area contributed by atoms with Crippen LogP contribution >= 0.6 is 11.3 Å². The van der Waals surface area contributed by atoms with Crippen molar-refractivity contribution in [3.8, 4) is 5.69 Å². The summed E-state index contributed by atoms with van der Waals surface area (Å²) in [7, 11) is 0. The molecule has 1 amide bonds. The van der Waals surface area contributed by atoms with E-state index in [0.29, 0.717) is 22.7 Å². The normalized spacial score (nSPS) is 13.9. The number of hydrogen-bond donors (Lipinski definition) is 1. The first-order chi connectivity index (χ1) is 13.2. The van der Waals surface area contributed by atoms with E-state index in [2.05, 4.69) is 34.5 Å². The van der Waals surface area contributed by atoms with Crippen LogP contribution in [0.5, 0.6) is 0 Å². The number of benzene rings is 1. The van der Waals surface area contributed by atoms with Gasteiger partial charge in [0.1, 0.15) is 10.7 Å². The number of nitrogens with one attached hydrogen (secondary N) is 1. The lowest BCUT2D eigenvalue weighted by Crippen LogP contribution is -2.16. The lowest BCUT2D eigenvalue weighted by atomic mass is 10.1. The number of aromatic nitrogens is 4. The van der Waals surface area contributed by atoms with Crippen molar-refractivity contribution in [2.75, 3.05) is 5.32 Å².